The van der Waals surface area contributed by atoms with Crippen molar-refractivity contribution < 1.29 is 14.3 Å². The average molecular weight is 298 g/mol. The minimum Gasteiger partial charge on any atom is -0.481 e. The van der Waals surface area contributed by atoms with E-state index < -0.39 is 0 Å². The van der Waals surface area contributed by atoms with E-state index in [1.807, 2.05) is 24.3 Å². The molecule has 20 heavy (non-hydrogen) atoms. The number of ether oxygens (including phenoxy) is 2. The second-order valence-corrected chi connectivity index (χ2v) is 4.13. The van der Waals surface area contributed by atoms with Crippen molar-refractivity contribution in [2.24, 2.45) is 5.73 Å². The topological polar surface area (TPSA) is 61.6 Å². The van der Waals surface area contributed by atoms with Gasteiger partial charge < -0.3 is 15.2 Å². The van der Waals surface area contributed by atoms with Crippen LogP contribution in [0.15, 0.2) is 24.3 Å². The van der Waals surface area contributed by atoms with E-state index in [1.54, 1.807) is 6.92 Å². The summed E-state index contributed by atoms with van der Waals surface area (Å²) in [5, 5.41) is 0. The van der Waals surface area contributed by atoms with Crippen molar-refractivity contribution in [3.8, 4) is 17.6 Å². The zero-order chi connectivity index (χ0) is 14.1. The van der Waals surface area contributed by atoms with E-state index in [0.29, 0.717) is 13.0 Å². The Hall–Kier alpha value is -1.70. The predicted molar refractivity (Wildman–Crippen MR) is 80.9 cm³/mol. The fraction of sp³-hybridized carbons (Fsp3) is 0.400. The van der Waals surface area contributed by atoms with Crippen LogP contribution in [0.5, 0.6) is 5.75 Å². The van der Waals surface area contributed by atoms with E-state index in [-0.39, 0.29) is 31.0 Å². The molecule has 0 radical (unpaired) electrons. The van der Waals surface area contributed by atoms with E-state index in [4.69, 9.17) is 15.2 Å². The van der Waals surface area contributed by atoms with E-state index in [0.717, 1.165) is 11.3 Å². The molecule has 5 heteroatoms. The quantitative estimate of drug-likeness (QED) is 0.644. The van der Waals surface area contributed by atoms with Gasteiger partial charge in [-0.05, 0) is 31.0 Å². The summed E-state index contributed by atoms with van der Waals surface area (Å²) in [6, 6.07) is 7.46. The molecule has 0 bridgehead atoms. The van der Waals surface area contributed by atoms with Crippen molar-refractivity contribution in [3.05, 3.63) is 29.8 Å². The van der Waals surface area contributed by atoms with Crippen LogP contribution in [-0.4, -0.2) is 25.2 Å². The van der Waals surface area contributed by atoms with Crippen LogP contribution in [-0.2, 0) is 16.0 Å². The Morgan fingerprint density at radius 1 is 1.35 bits per heavy atom. The molecule has 0 spiro atoms. The summed E-state index contributed by atoms with van der Waals surface area (Å²) in [6.07, 6.45) is 0.655. The smallest absolute Gasteiger partial charge is 0.302 e. The molecule has 0 heterocycles. The van der Waals surface area contributed by atoms with Gasteiger partial charge in [-0.2, -0.15) is 0 Å². The maximum atomic E-state index is 10.7. The molecule has 1 aromatic rings. The van der Waals surface area contributed by atoms with Gasteiger partial charge in [0.1, 0.15) is 19.0 Å². The highest BCUT2D eigenvalue weighted by Gasteiger charge is 2.06. The van der Waals surface area contributed by atoms with Crippen LogP contribution in [0.25, 0.3) is 0 Å². The number of nitrogens with two attached hydrogens (primary N) is 1. The normalized spacial score (nSPS) is 10.6. The summed E-state index contributed by atoms with van der Waals surface area (Å²) in [6.45, 7) is 3.77. The van der Waals surface area contributed by atoms with Crippen molar-refractivity contribution in [1.82, 2.24) is 0 Å². The third kappa shape index (κ3) is 7.67. The lowest BCUT2D eigenvalue weighted by Gasteiger charge is -2.11. The Balaban J connectivity index is 0.00000361. The molecule has 0 saturated heterocycles. The lowest BCUT2D eigenvalue weighted by Crippen LogP contribution is -2.29. The third-order valence-corrected chi connectivity index (χ3v) is 2.41. The summed E-state index contributed by atoms with van der Waals surface area (Å²) in [7, 11) is 0. The van der Waals surface area contributed by atoms with E-state index in [2.05, 4.69) is 11.8 Å². The minimum absolute atomic E-state index is 0. The molecule has 0 amide bonds. The molecule has 110 valence electrons. The molecule has 1 unspecified atom stereocenters. The van der Waals surface area contributed by atoms with Crippen molar-refractivity contribution in [2.75, 3.05) is 13.2 Å². The molecule has 0 aliphatic rings. The second kappa shape index (κ2) is 10.1. The van der Waals surface area contributed by atoms with Crippen LogP contribution in [0.3, 0.4) is 0 Å². The molecule has 0 fully saturated rings. The number of halogens is 1. The summed E-state index contributed by atoms with van der Waals surface area (Å²) in [5.41, 5.74) is 6.94. The molecular weight excluding hydrogens is 278 g/mol. The standard InChI is InChI=1S/C15H19NO3.ClH/c1-3-4-9-18-15-7-5-13(6-8-15)10-14(16)11-19-12(2)17;/h5-8,14H,9-11,16H2,1-2H3;1H. The Kier molecular flexibility index (Phi) is 9.27. The lowest BCUT2D eigenvalue weighted by molar-refractivity contribution is -0.141. The van der Waals surface area contributed by atoms with Gasteiger partial charge in [-0.25, -0.2) is 0 Å². The van der Waals surface area contributed by atoms with Crippen LogP contribution < -0.4 is 10.5 Å². The van der Waals surface area contributed by atoms with Crippen LogP contribution in [0.4, 0.5) is 0 Å². The molecule has 2 N–H and O–H groups in total. The molecule has 0 aliphatic heterocycles. The Labute approximate surface area is 126 Å². The van der Waals surface area contributed by atoms with Crippen LogP contribution in [0.2, 0.25) is 0 Å². The summed E-state index contributed by atoms with van der Waals surface area (Å²) < 4.78 is 10.3. The predicted octanol–water partition coefficient (Wildman–Crippen LogP) is 1.94. The van der Waals surface area contributed by atoms with Gasteiger partial charge in [0, 0.05) is 13.0 Å². The molecule has 1 rings (SSSR count). The molecule has 1 atom stereocenters. The molecule has 4 nitrogen and oxygen atoms in total. The SMILES string of the molecule is CC#CCOc1ccc(CC(N)COC(C)=O)cc1.Cl. The first-order valence-electron chi connectivity index (χ1n) is 6.12. The van der Waals surface area contributed by atoms with E-state index >= 15 is 0 Å². The Morgan fingerprint density at radius 3 is 2.55 bits per heavy atom. The first-order valence-corrected chi connectivity index (χ1v) is 6.12. The summed E-state index contributed by atoms with van der Waals surface area (Å²) in [4.78, 5) is 10.7. The molecule has 0 aromatic heterocycles. The maximum Gasteiger partial charge on any atom is 0.302 e. The number of carbonyl (C=O) groups excluding carboxylic acids is 1. The van der Waals surface area contributed by atoms with Gasteiger partial charge in [0.05, 0.1) is 0 Å². The second-order valence-electron chi connectivity index (χ2n) is 4.13. The number of carbonyl (C=O) groups is 1. The fourth-order valence-corrected chi connectivity index (χ4v) is 1.50. The van der Waals surface area contributed by atoms with Gasteiger partial charge in [0.15, 0.2) is 0 Å². The minimum atomic E-state index is -0.309. The lowest BCUT2D eigenvalue weighted by atomic mass is 10.1. The van der Waals surface area contributed by atoms with Crippen molar-refractivity contribution in [3.63, 3.8) is 0 Å². The third-order valence-electron chi connectivity index (χ3n) is 2.41. The highest BCUT2D eigenvalue weighted by atomic mass is 35.5. The van der Waals surface area contributed by atoms with E-state index in [9.17, 15) is 4.79 Å². The van der Waals surface area contributed by atoms with Crippen molar-refractivity contribution in [2.45, 2.75) is 26.3 Å². The molecule has 0 aliphatic carbocycles. The zero-order valence-corrected chi connectivity index (χ0v) is 12.5. The molecular formula is C15H20ClNO3. The largest absolute Gasteiger partial charge is 0.481 e. The van der Waals surface area contributed by atoms with Gasteiger partial charge in [-0.1, -0.05) is 18.1 Å². The summed E-state index contributed by atoms with van der Waals surface area (Å²) in [5.74, 6) is 6.06. The highest BCUT2D eigenvalue weighted by molar-refractivity contribution is 5.85. The average Bonchev–Trinajstić information content (AvgIpc) is 2.39. The first-order chi connectivity index (χ1) is 9.11. The van der Waals surface area contributed by atoms with Gasteiger partial charge in [-0.15, -0.1) is 18.3 Å². The number of benzene rings is 1. The number of esters is 1. The summed E-state index contributed by atoms with van der Waals surface area (Å²) >= 11 is 0. The highest BCUT2D eigenvalue weighted by Crippen LogP contribution is 2.13. The number of rotatable bonds is 6. The zero-order valence-electron chi connectivity index (χ0n) is 11.7. The Morgan fingerprint density at radius 2 is 2.00 bits per heavy atom. The van der Waals surface area contributed by atoms with Crippen LogP contribution in [0.1, 0.15) is 19.4 Å². The first kappa shape index (κ1) is 18.3. The van der Waals surface area contributed by atoms with Crippen molar-refractivity contribution in [1.29, 1.82) is 0 Å². The van der Waals surface area contributed by atoms with Gasteiger partial charge in [0.2, 0.25) is 0 Å². The van der Waals surface area contributed by atoms with Crippen molar-refractivity contribution >= 4 is 18.4 Å². The van der Waals surface area contributed by atoms with Crippen LogP contribution >= 0.6 is 12.4 Å². The number of hydrogen-bond donors (Lipinski definition) is 1. The van der Waals surface area contributed by atoms with Gasteiger partial charge in [0.25, 0.3) is 0 Å². The monoisotopic (exact) mass is 297 g/mol. The fourth-order valence-electron chi connectivity index (χ4n) is 1.50. The van der Waals surface area contributed by atoms with Crippen LogP contribution in [0, 0.1) is 11.8 Å². The Bertz CT molecular complexity index is 462. The molecule has 0 saturated carbocycles. The number of hydrogen-bond acceptors (Lipinski definition) is 4. The van der Waals surface area contributed by atoms with E-state index in [1.165, 1.54) is 6.92 Å². The molecule has 1 aromatic carbocycles. The maximum absolute atomic E-state index is 10.7. The van der Waals surface area contributed by atoms with Gasteiger partial charge >= 0.3 is 5.97 Å². The van der Waals surface area contributed by atoms with Gasteiger partial charge in [-0.3, -0.25) is 4.79 Å².